The van der Waals surface area contributed by atoms with Crippen LogP contribution in [0.2, 0.25) is 0 Å². The van der Waals surface area contributed by atoms with E-state index in [-0.39, 0.29) is 17.4 Å². The Morgan fingerprint density at radius 1 is 1.00 bits per heavy atom. The van der Waals surface area contributed by atoms with Gasteiger partial charge in [-0.2, -0.15) is 4.72 Å². The van der Waals surface area contributed by atoms with Crippen LogP contribution in [0.4, 0.5) is 0 Å². The Balaban J connectivity index is 1.70. The number of rotatable bonds is 10. The maximum atomic E-state index is 12.6. The van der Waals surface area contributed by atoms with Crippen molar-refractivity contribution in [1.29, 1.82) is 0 Å². The summed E-state index contributed by atoms with van der Waals surface area (Å²) >= 11 is 1.20. The third-order valence-electron chi connectivity index (χ3n) is 4.66. The molecule has 1 atom stereocenters. The molecule has 3 aromatic rings. The number of thiophene rings is 1. The van der Waals surface area contributed by atoms with Gasteiger partial charge in [-0.05, 0) is 35.4 Å². The van der Waals surface area contributed by atoms with Gasteiger partial charge in [0, 0.05) is 11.4 Å². The lowest BCUT2D eigenvalue weighted by Gasteiger charge is -2.15. The summed E-state index contributed by atoms with van der Waals surface area (Å²) in [7, 11) is -4.07. The van der Waals surface area contributed by atoms with Crippen molar-refractivity contribution >= 4 is 39.2 Å². The lowest BCUT2D eigenvalue weighted by Crippen LogP contribution is -2.48. The highest BCUT2D eigenvalue weighted by Gasteiger charge is 2.26. The molecule has 0 aliphatic heterocycles. The van der Waals surface area contributed by atoms with Crippen LogP contribution in [0.3, 0.4) is 0 Å². The van der Waals surface area contributed by atoms with E-state index in [4.69, 9.17) is 11.5 Å². The maximum absolute atomic E-state index is 12.6. The predicted molar refractivity (Wildman–Crippen MR) is 130 cm³/mol. The fourth-order valence-corrected chi connectivity index (χ4v) is 5.19. The van der Waals surface area contributed by atoms with Crippen LogP contribution in [-0.4, -0.2) is 43.9 Å². The zero-order chi connectivity index (χ0) is 24.7. The molecule has 0 bridgehead atoms. The average Bonchev–Trinajstić information content (AvgIpc) is 3.31. The molecule has 0 saturated carbocycles. The Kier molecular flexibility index (Phi) is 7.99. The second kappa shape index (κ2) is 10.9. The lowest BCUT2D eigenvalue weighted by atomic mass is 10.1. The minimum atomic E-state index is -4.07. The normalized spacial score (nSPS) is 12.0. The second-order valence-corrected chi connectivity index (χ2v) is 9.90. The summed E-state index contributed by atoms with van der Waals surface area (Å²) in [6.07, 6.45) is 0. The Morgan fingerprint density at radius 2 is 1.68 bits per heavy atom. The fourth-order valence-electron chi connectivity index (χ4n) is 3.00. The first-order chi connectivity index (χ1) is 16.2. The van der Waals surface area contributed by atoms with Gasteiger partial charge in [0.1, 0.15) is 6.04 Å². The van der Waals surface area contributed by atoms with Gasteiger partial charge in [-0.15, -0.1) is 11.3 Å². The van der Waals surface area contributed by atoms with Gasteiger partial charge in [0.2, 0.25) is 10.0 Å². The molecule has 0 aliphatic rings. The summed E-state index contributed by atoms with van der Waals surface area (Å²) in [5, 5.41) is 11.9. The summed E-state index contributed by atoms with van der Waals surface area (Å²) < 4.78 is 27.0. The minimum Gasteiger partial charge on any atom is -0.480 e. The SMILES string of the molecule is NC(N)=NCc1ccccc1-c1ccc(C(=O)NCC(NS(=O)(=O)c2ccccc2)C(=O)O)s1. The standard InChI is InChI=1S/C22H23N5O5S2/c23-22(24)26-12-14-6-4-5-9-16(14)18-10-11-19(33-18)20(28)25-13-17(21(29)30)27-34(31,32)15-7-2-1-3-8-15/h1-11,17,27H,12-13H2,(H,25,28)(H,29,30)(H4,23,24,26). The molecule has 0 fully saturated rings. The molecule has 12 heteroatoms. The molecule has 3 rings (SSSR count). The van der Waals surface area contributed by atoms with Crippen LogP contribution in [0.25, 0.3) is 10.4 Å². The summed E-state index contributed by atoms with van der Waals surface area (Å²) in [6, 6.07) is 16.7. The Hall–Kier alpha value is -3.74. The monoisotopic (exact) mass is 501 g/mol. The Labute approximate surface area is 200 Å². The number of aliphatic imine (C=N–C) groups is 1. The number of benzene rings is 2. The molecule has 178 valence electrons. The molecular weight excluding hydrogens is 478 g/mol. The van der Waals surface area contributed by atoms with E-state index in [0.717, 1.165) is 16.0 Å². The number of carboxylic acids is 1. The third-order valence-corrected chi connectivity index (χ3v) is 7.27. The first-order valence-electron chi connectivity index (χ1n) is 9.99. The first-order valence-corrected chi connectivity index (χ1v) is 12.3. The topological polar surface area (TPSA) is 177 Å². The number of guanidine groups is 1. The fraction of sp³-hybridized carbons (Fsp3) is 0.136. The van der Waals surface area contributed by atoms with Gasteiger partial charge in [-0.3, -0.25) is 9.59 Å². The lowest BCUT2D eigenvalue weighted by molar-refractivity contribution is -0.138. The molecule has 0 radical (unpaired) electrons. The van der Waals surface area contributed by atoms with Crippen LogP contribution < -0.4 is 21.5 Å². The van der Waals surface area contributed by atoms with Gasteiger partial charge in [0.05, 0.1) is 16.3 Å². The van der Waals surface area contributed by atoms with Crippen LogP contribution in [0.1, 0.15) is 15.2 Å². The molecule has 0 aliphatic carbocycles. The molecule has 1 aromatic heterocycles. The van der Waals surface area contributed by atoms with Gasteiger partial charge in [0.15, 0.2) is 5.96 Å². The van der Waals surface area contributed by atoms with E-state index in [2.05, 4.69) is 15.0 Å². The molecule has 10 nitrogen and oxygen atoms in total. The van der Waals surface area contributed by atoms with Crippen molar-refractivity contribution in [1.82, 2.24) is 10.0 Å². The zero-order valence-electron chi connectivity index (χ0n) is 17.8. The number of amides is 1. The average molecular weight is 502 g/mol. The molecule has 1 heterocycles. The highest BCUT2D eigenvalue weighted by atomic mass is 32.2. The first kappa shape index (κ1) is 24.9. The number of hydrogen-bond donors (Lipinski definition) is 5. The number of sulfonamides is 1. The van der Waals surface area contributed by atoms with E-state index in [0.29, 0.717) is 4.88 Å². The van der Waals surface area contributed by atoms with Crippen molar-refractivity contribution in [3.8, 4) is 10.4 Å². The number of carbonyl (C=O) groups excluding carboxylic acids is 1. The van der Waals surface area contributed by atoms with Gasteiger partial charge < -0.3 is 21.9 Å². The molecule has 0 spiro atoms. The summed E-state index contributed by atoms with van der Waals surface area (Å²) in [5.74, 6) is -1.97. The van der Waals surface area contributed by atoms with Crippen molar-refractivity contribution in [2.24, 2.45) is 16.5 Å². The summed E-state index contributed by atoms with van der Waals surface area (Å²) in [5.41, 5.74) is 12.6. The van der Waals surface area contributed by atoms with Crippen LogP contribution in [-0.2, 0) is 21.4 Å². The Bertz CT molecular complexity index is 1300. The number of hydrogen-bond acceptors (Lipinski definition) is 6. The quantitative estimate of drug-likeness (QED) is 0.206. The number of aliphatic carboxylic acids is 1. The molecule has 34 heavy (non-hydrogen) atoms. The maximum Gasteiger partial charge on any atom is 0.323 e. The second-order valence-electron chi connectivity index (χ2n) is 7.10. The molecule has 7 N–H and O–H groups in total. The third kappa shape index (κ3) is 6.41. The van der Waals surface area contributed by atoms with Crippen molar-refractivity contribution in [3.05, 3.63) is 77.2 Å². The summed E-state index contributed by atoms with van der Waals surface area (Å²) in [6.45, 7) is -0.158. The highest BCUT2D eigenvalue weighted by Crippen LogP contribution is 2.31. The van der Waals surface area contributed by atoms with Crippen LogP contribution in [0, 0.1) is 0 Å². The highest BCUT2D eigenvalue weighted by molar-refractivity contribution is 7.89. The molecular formula is C22H23N5O5S2. The number of carboxylic acid groups (broad SMARTS) is 1. The van der Waals surface area contributed by atoms with Crippen molar-refractivity contribution in [2.45, 2.75) is 17.5 Å². The largest absolute Gasteiger partial charge is 0.480 e. The molecule has 0 saturated heterocycles. The summed E-state index contributed by atoms with van der Waals surface area (Å²) in [4.78, 5) is 29.3. The van der Waals surface area contributed by atoms with E-state index >= 15 is 0 Å². The van der Waals surface area contributed by atoms with E-state index < -0.39 is 34.5 Å². The number of nitrogens with zero attached hydrogens (tertiary/aromatic N) is 1. The predicted octanol–water partition coefficient (Wildman–Crippen LogP) is 1.35. The van der Waals surface area contributed by atoms with Gasteiger partial charge in [0.25, 0.3) is 5.91 Å². The minimum absolute atomic E-state index is 0.0306. The van der Waals surface area contributed by atoms with E-state index in [1.165, 1.54) is 35.6 Å². The zero-order valence-corrected chi connectivity index (χ0v) is 19.5. The molecule has 1 unspecified atom stereocenters. The van der Waals surface area contributed by atoms with Crippen LogP contribution in [0.5, 0.6) is 0 Å². The number of carbonyl (C=O) groups is 2. The van der Waals surface area contributed by atoms with Gasteiger partial charge in [-0.1, -0.05) is 42.5 Å². The number of nitrogens with two attached hydrogens (primary N) is 2. The van der Waals surface area contributed by atoms with Gasteiger partial charge >= 0.3 is 5.97 Å². The van der Waals surface area contributed by atoms with E-state index in [1.54, 1.807) is 18.2 Å². The van der Waals surface area contributed by atoms with Crippen LogP contribution >= 0.6 is 11.3 Å². The van der Waals surface area contributed by atoms with Gasteiger partial charge in [-0.25, -0.2) is 13.4 Å². The Morgan fingerprint density at radius 3 is 2.35 bits per heavy atom. The van der Waals surface area contributed by atoms with E-state index in [9.17, 15) is 23.1 Å². The van der Waals surface area contributed by atoms with Crippen molar-refractivity contribution in [3.63, 3.8) is 0 Å². The number of nitrogens with one attached hydrogen (secondary N) is 2. The van der Waals surface area contributed by atoms with Crippen LogP contribution in [0.15, 0.2) is 76.6 Å². The molecule has 1 amide bonds. The molecule has 2 aromatic carbocycles. The van der Waals surface area contributed by atoms with Crippen molar-refractivity contribution in [2.75, 3.05) is 6.54 Å². The smallest absolute Gasteiger partial charge is 0.323 e. The van der Waals surface area contributed by atoms with E-state index in [1.807, 2.05) is 24.3 Å². The van der Waals surface area contributed by atoms with Crippen molar-refractivity contribution < 1.29 is 23.1 Å².